The van der Waals surface area contributed by atoms with Crippen molar-refractivity contribution in [2.45, 2.75) is 12.8 Å². The fourth-order valence-corrected chi connectivity index (χ4v) is 3.12. The number of alkyl halides is 3. The fraction of sp³-hybridized carbons (Fsp3) is 0.105. The van der Waals surface area contributed by atoms with E-state index in [1.807, 2.05) is 18.2 Å². The van der Waals surface area contributed by atoms with Crippen molar-refractivity contribution in [1.29, 1.82) is 0 Å². The van der Waals surface area contributed by atoms with E-state index < -0.39 is 17.4 Å². The maximum absolute atomic E-state index is 13.1. The molecule has 2 aromatic carbocycles. The van der Waals surface area contributed by atoms with Crippen LogP contribution in [0.25, 0.3) is 22.4 Å². The largest absolute Gasteiger partial charge is 0.484 e. The molecule has 0 unspecified atom stereocenters. The molecule has 0 atom stereocenters. The van der Waals surface area contributed by atoms with Gasteiger partial charge in [-0.25, -0.2) is 4.79 Å². The number of halogens is 4. The van der Waals surface area contributed by atoms with Crippen LogP contribution in [0.4, 0.5) is 13.2 Å². The third-order valence-electron chi connectivity index (χ3n) is 3.95. The van der Waals surface area contributed by atoms with Crippen molar-refractivity contribution in [2.75, 3.05) is 0 Å². The Morgan fingerprint density at radius 1 is 1.03 bits per heavy atom. The molecule has 0 saturated heterocycles. The summed E-state index contributed by atoms with van der Waals surface area (Å²) in [4.78, 5) is 11.5. The molecule has 4 aromatic rings. The van der Waals surface area contributed by atoms with Crippen molar-refractivity contribution < 1.29 is 26.7 Å². The lowest BCUT2D eigenvalue weighted by Gasteiger charge is -2.10. The van der Waals surface area contributed by atoms with E-state index in [-0.39, 0.29) is 35.1 Å². The van der Waals surface area contributed by atoms with Crippen LogP contribution in [0.3, 0.4) is 0 Å². The molecule has 6 nitrogen and oxygen atoms in total. The first-order valence-corrected chi connectivity index (χ1v) is 8.96. The van der Waals surface area contributed by atoms with E-state index in [9.17, 15) is 18.0 Å². The molecule has 0 spiro atoms. The van der Waals surface area contributed by atoms with Crippen molar-refractivity contribution in [2.24, 2.45) is 0 Å². The molecule has 4 rings (SSSR count). The molecule has 0 saturated carbocycles. The molecular formula is C19H10BrF3N2O4. The normalized spacial score (nSPS) is 11.7. The maximum Gasteiger partial charge on any atom is 0.417 e. The average molecular weight is 467 g/mol. The van der Waals surface area contributed by atoms with Gasteiger partial charge in [-0.15, -0.1) is 10.2 Å². The number of rotatable bonds is 4. The average Bonchev–Trinajstić information content (AvgIpc) is 3.14. The second-order valence-corrected chi connectivity index (χ2v) is 6.76. The molecular weight excluding hydrogens is 457 g/mol. The van der Waals surface area contributed by atoms with E-state index in [4.69, 9.17) is 13.6 Å². The first-order chi connectivity index (χ1) is 13.8. The zero-order chi connectivity index (χ0) is 20.6. The molecule has 2 aromatic heterocycles. The molecule has 0 radical (unpaired) electrons. The highest BCUT2D eigenvalue weighted by Gasteiger charge is 2.33. The number of fused-ring (bicyclic) bond motifs is 1. The highest BCUT2D eigenvalue weighted by molar-refractivity contribution is 9.10. The summed E-state index contributed by atoms with van der Waals surface area (Å²) in [5.41, 5.74) is -1.69. The minimum Gasteiger partial charge on any atom is -0.484 e. The summed E-state index contributed by atoms with van der Waals surface area (Å²) in [5.74, 6) is 0.636. The molecule has 0 N–H and O–H groups in total. The smallest absolute Gasteiger partial charge is 0.417 e. The van der Waals surface area contributed by atoms with Gasteiger partial charge in [-0.2, -0.15) is 13.2 Å². The van der Waals surface area contributed by atoms with E-state index in [1.165, 1.54) is 18.2 Å². The molecule has 148 valence electrons. The quantitative estimate of drug-likeness (QED) is 0.384. The van der Waals surface area contributed by atoms with Gasteiger partial charge in [-0.3, -0.25) is 0 Å². The van der Waals surface area contributed by atoms with Crippen molar-refractivity contribution in [3.63, 3.8) is 0 Å². The van der Waals surface area contributed by atoms with E-state index in [0.29, 0.717) is 11.6 Å². The summed E-state index contributed by atoms with van der Waals surface area (Å²) >= 11 is 3.39. The van der Waals surface area contributed by atoms with Crippen LogP contribution in [-0.4, -0.2) is 10.2 Å². The molecule has 0 fully saturated rings. The monoisotopic (exact) mass is 466 g/mol. The highest BCUT2D eigenvalue weighted by Crippen LogP contribution is 2.35. The third kappa shape index (κ3) is 4.02. The van der Waals surface area contributed by atoms with Gasteiger partial charge in [0.25, 0.3) is 5.89 Å². The van der Waals surface area contributed by atoms with Crippen LogP contribution in [0.15, 0.2) is 66.6 Å². The summed E-state index contributed by atoms with van der Waals surface area (Å²) < 4.78 is 56.0. The third-order valence-corrected chi connectivity index (χ3v) is 4.65. The molecule has 0 amide bonds. The lowest BCUT2D eigenvalue weighted by Crippen LogP contribution is -2.11. The SMILES string of the molecule is O=c1cc(C(F)(F)F)c2ccc(OCc3nnc(-c4ccccc4Br)o3)cc2o1. The molecule has 2 heterocycles. The van der Waals surface area contributed by atoms with Crippen molar-refractivity contribution in [1.82, 2.24) is 10.2 Å². The summed E-state index contributed by atoms with van der Waals surface area (Å²) in [5, 5.41) is 7.60. The summed E-state index contributed by atoms with van der Waals surface area (Å²) in [6, 6.07) is 11.4. The van der Waals surface area contributed by atoms with E-state index in [2.05, 4.69) is 26.1 Å². The van der Waals surface area contributed by atoms with Gasteiger partial charge in [0.05, 0.1) is 11.1 Å². The van der Waals surface area contributed by atoms with Gasteiger partial charge >= 0.3 is 11.8 Å². The molecule has 0 aliphatic heterocycles. The number of hydrogen-bond donors (Lipinski definition) is 0. The summed E-state index contributed by atoms with van der Waals surface area (Å²) in [6.45, 7) is -0.119. The number of aromatic nitrogens is 2. The van der Waals surface area contributed by atoms with Crippen molar-refractivity contribution in [3.8, 4) is 17.2 Å². The zero-order valence-electron chi connectivity index (χ0n) is 14.4. The Labute approximate surface area is 169 Å². The maximum atomic E-state index is 13.1. The minimum atomic E-state index is -4.68. The predicted octanol–water partition coefficient (Wildman–Crippen LogP) is 5.20. The lowest BCUT2D eigenvalue weighted by atomic mass is 10.1. The molecule has 0 aliphatic rings. The van der Waals surface area contributed by atoms with Gasteiger partial charge in [0.1, 0.15) is 11.3 Å². The van der Waals surface area contributed by atoms with E-state index in [0.717, 1.165) is 4.47 Å². The van der Waals surface area contributed by atoms with Gasteiger partial charge in [0.15, 0.2) is 6.61 Å². The first kappa shape index (κ1) is 19.2. The molecule has 10 heteroatoms. The molecule has 0 bridgehead atoms. The van der Waals surface area contributed by atoms with Gasteiger partial charge in [0.2, 0.25) is 5.89 Å². The number of benzene rings is 2. The Morgan fingerprint density at radius 2 is 1.83 bits per heavy atom. The predicted molar refractivity (Wildman–Crippen MR) is 99.3 cm³/mol. The van der Waals surface area contributed by atoms with Crippen LogP contribution < -0.4 is 10.4 Å². The Hall–Kier alpha value is -3.14. The Morgan fingerprint density at radius 3 is 2.59 bits per heavy atom. The Balaban J connectivity index is 1.57. The Bertz CT molecular complexity index is 1250. The van der Waals surface area contributed by atoms with Crippen molar-refractivity contribution >= 4 is 26.9 Å². The molecule has 0 aliphatic carbocycles. The number of hydrogen-bond acceptors (Lipinski definition) is 6. The summed E-state index contributed by atoms with van der Waals surface area (Å²) in [7, 11) is 0. The molecule has 29 heavy (non-hydrogen) atoms. The van der Waals surface area contributed by atoms with Crippen LogP contribution in [0.5, 0.6) is 5.75 Å². The van der Waals surface area contributed by atoms with Crippen LogP contribution in [0.1, 0.15) is 11.5 Å². The standard InChI is InChI=1S/C19H10BrF3N2O4/c20-14-4-2-1-3-12(14)18-25-24-16(29-18)9-27-10-5-6-11-13(19(21,22)23)8-17(26)28-15(11)7-10/h1-8H,9H2. The minimum absolute atomic E-state index is 0.119. The number of nitrogens with zero attached hydrogens (tertiary/aromatic N) is 2. The second-order valence-electron chi connectivity index (χ2n) is 5.90. The van der Waals surface area contributed by atoms with Crippen LogP contribution in [0, 0.1) is 0 Å². The van der Waals surface area contributed by atoms with Crippen LogP contribution >= 0.6 is 15.9 Å². The topological polar surface area (TPSA) is 78.4 Å². The second kappa shape index (κ2) is 7.36. The summed E-state index contributed by atoms with van der Waals surface area (Å²) in [6.07, 6.45) is -4.68. The highest BCUT2D eigenvalue weighted by atomic mass is 79.9. The van der Waals surface area contributed by atoms with Crippen LogP contribution in [0.2, 0.25) is 0 Å². The van der Waals surface area contributed by atoms with E-state index >= 15 is 0 Å². The van der Waals surface area contributed by atoms with Gasteiger partial charge < -0.3 is 13.6 Å². The van der Waals surface area contributed by atoms with Crippen molar-refractivity contribution in [3.05, 3.63) is 74.9 Å². The lowest BCUT2D eigenvalue weighted by molar-refractivity contribution is -0.136. The Kier molecular flexibility index (Phi) is 4.87. The number of ether oxygens (including phenoxy) is 1. The van der Waals surface area contributed by atoms with Gasteiger partial charge in [0, 0.05) is 22.0 Å². The van der Waals surface area contributed by atoms with Gasteiger partial charge in [-0.1, -0.05) is 12.1 Å². The van der Waals surface area contributed by atoms with E-state index in [1.54, 1.807) is 6.07 Å². The van der Waals surface area contributed by atoms with Crippen LogP contribution in [-0.2, 0) is 12.8 Å². The fourth-order valence-electron chi connectivity index (χ4n) is 2.67. The van der Waals surface area contributed by atoms with Gasteiger partial charge in [-0.05, 0) is 40.2 Å². The zero-order valence-corrected chi connectivity index (χ0v) is 16.0. The first-order valence-electron chi connectivity index (χ1n) is 8.16.